The van der Waals surface area contributed by atoms with Gasteiger partial charge in [0.2, 0.25) is 0 Å². The van der Waals surface area contributed by atoms with E-state index in [1.807, 2.05) is 13.0 Å². The Morgan fingerprint density at radius 1 is 0.929 bits per heavy atom. The van der Waals surface area contributed by atoms with E-state index in [1.165, 1.54) is 33.1 Å². The highest BCUT2D eigenvalue weighted by atomic mass is 32.1. The number of thiophene rings is 1. The van der Waals surface area contributed by atoms with Crippen molar-refractivity contribution in [2.24, 2.45) is 0 Å². The van der Waals surface area contributed by atoms with Crippen molar-refractivity contribution < 1.29 is 4.39 Å². The minimum Gasteiger partial charge on any atom is -0.296 e. The molecule has 0 saturated heterocycles. The summed E-state index contributed by atoms with van der Waals surface area (Å²) in [4.78, 5) is 4.90. The number of pyridine rings is 1. The van der Waals surface area contributed by atoms with Crippen LogP contribution < -0.4 is 0 Å². The highest BCUT2D eigenvalue weighted by Gasteiger charge is 2.18. The number of imidazole rings is 1. The van der Waals surface area contributed by atoms with Gasteiger partial charge in [-0.05, 0) is 60.7 Å². The molecular formula is C24H17FN2S. The summed E-state index contributed by atoms with van der Waals surface area (Å²) in [5.41, 5.74) is 5.31. The lowest BCUT2D eigenvalue weighted by Crippen LogP contribution is -1.95. The Kier molecular flexibility index (Phi) is 3.03. The summed E-state index contributed by atoms with van der Waals surface area (Å²) in [7, 11) is 0. The summed E-state index contributed by atoms with van der Waals surface area (Å²) < 4.78 is 17.5. The molecular weight excluding hydrogens is 367 g/mol. The van der Waals surface area contributed by atoms with Gasteiger partial charge in [0.05, 0.1) is 11.2 Å². The molecule has 2 nitrogen and oxygen atoms in total. The molecule has 28 heavy (non-hydrogen) atoms. The monoisotopic (exact) mass is 384 g/mol. The Bertz CT molecular complexity index is 1600. The van der Waals surface area contributed by atoms with E-state index in [0.29, 0.717) is 5.39 Å². The van der Waals surface area contributed by atoms with Crippen LogP contribution in [-0.2, 0) is 0 Å². The van der Waals surface area contributed by atoms with Gasteiger partial charge in [0.25, 0.3) is 0 Å². The normalized spacial score (nSPS) is 12.3. The van der Waals surface area contributed by atoms with Gasteiger partial charge in [-0.25, -0.2) is 9.37 Å². The van der Waals surface area contributed by atoms with Gasteiger partial charge >= 0.3 is 0 Å². The van der Waals surface area contributed by atoms with Crippen LogP contribution in [0.2, 0.25) is 0 Å². The van der Waals surface area contributed by atoms with E-state index in [2.05, 4.69) is 54.6 Å². The number of rotatable bonds is 0. The van der Waals surface area contributed by atoms with Gasteiger partial charge in [0.1, 0.15) is 11.5 Å². The molecule has 0 bridgehead atoms. The van der Waals surface area contributed by atoms with Crippen LogP contribution in [-0.4, -0.2) is 9.38 Å². The average Bonchev–Trinajstić information content (AvgIpc) is 3.21. The Morgan fingerprint density at radius 2 is 1.75 bits per heavy atom. The molecule has 136 valence electrons. The molecule has 6 aromatic rings. The van der Waals surface area contributed by atoms with Crippen molar-refractivity contribution in [1.29, 1.82) is 0 Å². The first-order valence-electron chi connectivity index (χ1n) is 9.34. The van der Waals surface area contributed by atoms with E-state index < -0.39 is 0 Å². The number of halogens is 1. The molecule has 0 aliphatic heterocycles. The maximum absolute atomic E-state index is 14.4. The van der Waals surface area contributed by atoms with E-state index in [-0.39, 0.29) is 5.82 Å². The molecule has 0 fully saturated rings. The summed E-state index contributed by atoms with van der Waals surface area (Å²) in [5, 5.41) is 8.26. The highest BCUT2D eigenvalue weighted by Crippen LogP contribution is 2.39. The third-order valence-corrected chi connectivity index (χ3v) is 6.97. The number of hydrogen-bond acceptors (Lipinski definition) is 2. The van der Waals surface area contributed by atoms with Crippen LogP contribution in [0, 0.1) is 26.6 Å². The highest BCUT2D eigenvalue weighted by molar-refractivity contribution is 7.17. The van der Waals surface area contributed by atoms with Crippen LogP contribution in [0.5, 0.6) is 0 Å². The molecule has 0 aliphatic rings. The first kappa shape index (κ1) is 16.0. The van der Waals surface area contributed by atoms with Crippen LogP contribution >= 0.6 is 11.3 Å². The molecule has 0 atom stereocenters. The van der Waals surface area contributed by atoms with E-state index in [0.717, 1.165) is 38.0 Å². The minimum atomic E-state index is -0.153. The van der Waals surface area contributed by atoms with Gasteiger partial charge in [0, 0.05) is 31.9 Å². The van der Waals surface area contributed by atoms with Crippen molar-refractivity contribution in [2.45, 2.75) is 20.8 Å². The number of aromatic nitrogens is 2. The van der Waals surface area contributed by atoms with Crippen molar-refractivity contribution in [3.63, 3.8) is 0 Å². The van der Waals surface area contributed by atoms with Gasteiger partial charge in [-0.3, -0.25) is 4.40 Å². The zero-order valence-corrected chi connectivity index (χ0v) is 16.6. The van der Waals surface area contributed by atoms with Crippen molar-refractivity contribution >= 4 is 59.5 Å². The summed E-state index contributed by atoms with van der Waals surface area (Å²) in [6.45, 7) is 6.31. The molecule has 3 aromatic heterocycles. The zero-order chi connectivity index (χ0) is 19.2. The van der Waals surface area contributed by atoms with E-state index >= 15 is 0 Å². The number of benzene rings is 3. The number of aryl methyl sites for hydroxylation is 3. The van der Waals surface area contributed by atoms with Crippen LogP contribution in [0.4, 0.5) is 4.39 Å². The van der Waals surface area contributed by atoms with Gasteiger partial charge in [0.15, 0.2) is 0 Å². The summed E-state index contributed by atoms with van der Waals surface area (Å²) in [5.74, 6) is -0.153. The smallest absolute Gasteiger partial charge is 0.145 e. The fourth-order valence-corrected chi connectivity index (χ4v) is 5.38. The van der Waals surface area contributed by atoms with Crippen molar-refractivity contribution in [2.75, 3.05) is 0 Å². The molecule has 0 radical (unpaired) electrons. The van der Waals surface area contributed by atoms with Crippen molar-refractivity contribution in [3.8, 4) is 0 Å². The number of hydrogen-bond donors (Lipinski definition) is 0. The second kappa shape index (κ2) is 5.30. The predicted octanol–water partition coefficient (Wildman–Crippen LogP) is 7.07. The van der Waals surface area contributed by atoms with Gasteiger partial charge in [-0.2, -0.15) is 0 Å². The SMILES string of the molecule is Cc1nc2c3cc4ccccc4c(C)c3c3cc4scc(F)c4cc3n2c1C. The Hall–Kier alpha value is -2.98. The van der Waals surface area contributed by atoms with Crippen LogP contribution in [0.3, 0.4) is 0 Å². The van der Waals surface area contributed by atoms with Gasteiger partial charge < -0.3 is 0 Å². The quantitative estimate of drug-likeness (QED) is 0.202. The second-order valence-electron chi connectivity index (χ2n) is 7.54. The molecule has 0 unspecified atom stereocenters. The Labute approximate surface area is 164 Å². The van der Waals surface area contributed by atoms with E-state index in [1.54, 1.807) is 5.38 Å². The lowest BCUT2D eigenvalue weighted by molar-refractivity contribution is 0.644. The van der Waals surface area contributed by atoms with Crippen molar-refractivity contribution in [1.82, 2.24) is 9.38 Å². The molecule has 3 aromatic carbocycles. The summed E-state index contributed by atoms with van der Waals surface area (Å²) in [6.07, 6.45) is 0. The van der Waals surface area contributed by atoms with Gasteiger partial charge in [-0.15, -0.1) is 11.3 Å². The lowest BCUT2D eigenvalue weighted by Gasteiger charge is -2.14. The third kappa shape index (κ3) is 1.88. The number of nitrogens with zero attached hydrogens (tertiary/aromatic N) is 2. The van der Waals surface area contributed by atoms with Crippen LogP contribution in [0.1, 0.15) is 17.0 Å². The molecule has 0 N–H and O–H groups in total. The Morgan fingerprint density at radius 3 is 2.61 bits per heavy atom. The maximum Gasteiger partial charge on any atom is 0.145 e. The molecule has 0 amide bonds. The standard InChI is InChI=1S/C24H17FN2S/c1-12-16-7-5-4-6-15(16)8-19-23(12)18-10-22-17(20(25)11-28-22)9-21(18)27-14(3)13(2)26-24(19)27/h4-11H,1-3H3. The van der Waals surface area contributed by atoms with Gasteiger partial charge in [-0.1, -0.05) is 24.3 Å². The molecule has 6 rings (SSSR count). The third-order valence-electron chi connectivity index (χ3n) is 6.05. The van der Waals surface area contributed by atoms with Crippen LogP contribution in [0.15, 0.2) is 47.8 Å². The fraction of sp³-hybridized carbons (Fsp3) is 0.125. The second-order valence-corrected chi connectivity index (χ2v) is 8.45. The fourth-order valence-electron chi connectivity index (χ4n) is 4.55. The molecule has 0 saturated carbocycles. The summed E-state index contributed by atoms with van der Waals surface area (Å²) >= 11 is 1.46. The topological polar surface area (TPSA) is 17.3 Å². The zero-order valence-electron chi connectivity index (χ0n) is 15.8. The first-order valence-corrected chi connectivity index (χ1v) is 10.2. The lowest BCUT2D eigenvalue weighted by atomic mass is 9.95. The molecule has 4 heteroatoms. The van der Waals surface area contributed by atoms with E-state index in [9.17, 15) is 4.39 Å². The predicted molar refractivity (Wildman–Crippen MR) is 117 cm³/mol. The summed E-state index contributed by atoms with van der Waals surface area (Å²) in [6, 6.07) is 14.9. The minimum absolute atomic E-state index is 0.153. The van der Waals surface area contributed by atoms with Crippen molar-refractivity contribution in [3.05, 3.63) is 70.6 Å². The molecule has 3 heterocycles. The molecule has 0 aliphatic carbocycles. The molecule has 0 spiro atoms. The maximum atomic E-state index is 14.4. The largest absolute Gasteiger partial charge is 0.296 e. The average molecular weight is 384 g/mol. The number of fused-ring (bicyclic) bond motifs is 8. The van der Waals surface area contributed by atoms with E-state index in [4.69, 9.17) is 4.98 Å². The first-order chi connectivity index (χ1) is 13.5. The Balaban J connectivity index is 2.02. The van der Waals surface area contributed by atoms with Crippen LogP contribution in [0.25, 0.3) is 48.2 Å².